The van der Waals surface area contributed by atoms with Crippen LogP contribution in [0.2, 0.25) is 0 Å². The third-order valence-corrected chi connectivity index (χ3v) is 5.04. The van der Waals surface area contributed by atoms with Gasteiger partial charge in [0.2, 0.25) is 0 Å². The Morgan fingerprint density at radius 2 is 1.96 bits per heavy atom. The van der Waals surface area contributed by atoms with Crippen molar-refractivity contribution in [1.29, 1.82) is 0 Å². The molecule has 3 aromatic rings. The lowest BCUT2D eigenvalue weighted by molar-refractivity contribution is 0.201. The summed E-state index contributed by atoms with van der Waals surface area (Å²) in [6.07, 6.45) is 2.53. The molecule has 6 heteroatoms. The van der Waals surface area contributed by atoms with E-state index < -0.39 is 5.54 Å². The van der Waals surface area contributed by atoms with E-state index in [4.69, 9.17) is 4.98 Å². The van der Waals surface area contributed by atoms with Crippen LogP contribution < -0.4 is 10.6 Å². The lowest BCUT2D eigenvalue weighted by atomic mass is 9.97. The van der Waals surface area contributed by atoms with Gasteiger partial charge in [-0.15, -0.1) is 0 Å². The molecule has 2 N–H and O–H groups in total. The van der Waals surface area contributed by atoms with Crippen molar-refractivity contribution in [1.82, 2.24) is 25.5 Å². The van der Waals surface area contributed by atoms with Gasteiger partial charge in [0, 0.05) is 32.4 Å². The van der Waals surface area contributed by atoms with Gasteiger partial charge in [-0.1, -0.05) is 36.4 Å². The van der Waals surface area contributed by atoms with Crippen LogP contribution in [0.5, 0.6) is 0 Å². The number of aromatic nitrogens is 2. The predicted octanol–water partition coefficient (Wildman–Crippen LogP) is 2.76. The Kier molecular flexibility index (Phi) is 4.49. The molecule has 4 rings (SSSR count). The quantitative estimate of drug-likeness (QED) is 0.753. The topological polar surface area (TPSA) is 70.2 Å². The highest BCUT2D eigenvalue weighted by molar-refractivity contribution is 5.86. The van der Waals surface area contributed by atoms with E-state index in [9.17, 15) is 4.79 Å². The fourth-order valence-electron chi connectivity index (χ4n) is 3.46. The number of hydrogen-bond acceptors (Lipinski definition) is 4. The normalized spacial score (nSPS) is 19.2. The Balaban J connectivity index is 1.72. The second kappa shape index (κ2) is 6.96. The molecule has 0 bridgehead atoms. The van der Waals surface area contributed by atoms with E-state index in [0.29, 0.717) is 12.4 Å². The maximum Gasteiger partial charge on any atom is 0.317 e. The minimum absolute atomic E-state index is 0.140. The Morgan fingerprint density at radius 3 is 2.70 bits per heavy atom. The maximum atomic E-state index is 12.3. The number of rotatable bonds is 3. The molecule has 1 aromatic heterocycles. The van der Waals surface area contributed by atoms with Crippen molar-refractivity contribution in [2.75, 3.05) is 27.2 Å². The molecule has 0 spiro atoms. The summed E-state index contributed by atoms with van der Waals surface area (Å²) in [5.74, 6) is 0.647. The van der Waals surface area contributed by atoms with Gasteiger partial charge in [-0.2, -0.15) is 0 Å². The molecule has 27 heavy (non-hydrogen) atoms. The smallest absolute Gasteiger partial charge is 0.317 e. The molecule has 1 saturated heterocycles. The molecular formula is C21H23N5O. The monoisotopic (exact) mass is 361 g/mol. The molecule has 0 aliphatic carbocycles. The number of benzene rings is 2. The van der Waals surface area contributed by atoms with Crippen molar-refractivity contribution < 1.29 is 4.79 Å². The summed E-state index contributed by atoms with van der Waals surface area (Å²) >= 11 is 0. The molecule has 0 unspecified atom stereocenters. The Labute approximate surface area is 158 Å². The van der Waals surface area contributed by atoms with Crippen molar-refractivity contribution in [2.45, 2.75) is 12.0 Å². The van der Waals surface area contributed by atoms with E-state index in [1.54, 1.807) is 20.3 Å². The van der Waals surface area contributed by atoms with E-state index in [-0.39, 0.29) is 6.03 Å². The molecule has 1 atom stereocenters. The van der Waals surface area contributed by atoms with Crippen molar-refractivity contribution in [3.05, 3.63) is 60.6 Å². The van der Waals surface area contributed by atoms with Crippen LogP contribution in [0.4, 0.5) is 4.79 Å². The van der Waals surface area contributed by atoms with Crippen LogP contribution in [0.15, 0.2) is 54.7 Å². The number of amides is 2. The Morgan fingerprint density at radius 1 is 1.15 bits per heavy atom. The Bertz CT molecular complexity index is 979. The van der Waals surface area contributed by atoms with Gasteiger partial charge in [0.1, 0.15) is 5.54 Å². The number of fused-ring (bicyclic) bond motifs is 1. The molecule has 1 fully saturated rings. The third-order valence-electron chi connectivity index (χ3n) is 5.04. The van der Waals surface area contributed by atoms with E-state index in [2.05, 4.69) is 45.9 Å². The number of carbonyl (C=O) groups is 1. The first-order valence-corrected chi connectivity index (χ1v) is 9.10. The molecule has 2 heterocycles. The second-order valence-electron chi connectivity index (χ2n) is 7.16. The molecule has 0 saturated carbocycles. The molecule has 1 aliphatic rings. The summed E-state index contributed by atoms with van der Waals surface area (Å²) in [5, 5.41) is 8.82. The summed E-state index contributed by atoms with van der Waals surface area (Å²) < 4.78 is 0. The van der Waals surface area contributed by atoms with Gasteiger partial charge in [0.05, 0.1) is 5.69 Å². The highest BCUT2D eigenvalue weighted by atomic mass is 16.2. The molecule has 2 aromatic carbocycles. The van der Waals surface area contributed by atoms with Crippen molar-refractivity contribution in [3.63, 3.8) is 0 Å². The van der Waals surface area contributed by atoms with Crippen LogP contribution in [0.3, 0.4) is 0 Å². The van der Waals surface area contributed by atoms with Crippen LogP contribution >= 0.6 is 0 Å². The molecule has 138 valence electrons. The summed E-state index contributed by atoms with van der Waals surface area (Å²) in [5.41, 5.74) is 1.31. The zero-order valence-electron chi connectivity index (χ0n) is 15.6. The largest absolute Gasteiger partial charge is 0.331 e. The van der Waals surface area contributed by atoms with Crippen LogP contribution in [-0.2, 0) is 5.54 Å². The van der Waals surface area contributed by atoms with Gasteiger partial charge < -0.3 is 15.5 Å². The van der Waals surface area contributed by atoms with Crippen LogP contribution in [0.1, 0.15) is 12.2 Å². The zero-order valence-corrected chi connectivity index (χ0v) is 15.6. The molecule has 0 radical (unpaired) electrons. The van der Waals surface area contributed by atoms with Gasteiger partial charge in [-0.25, -0.2) is 14.8 Å². The molecule has 1 aliphatic heterocycles. The first-order valence-electron chi connectivity index (χ1n) is 9.10. The first kappa shape index (κ1) is 17.4. The van der Waals surface area contributed by atoms with E-state index in [1.165, 1.54) is 15.7 Å². The molecular weight excluding hydrogens is 338 g/mol. The van der Waals surface area contributed by atoms with Gasteiger partial charge in [-0.3, -0.25) is 0 Å². The second-order valence-corrected chi connectivity index (χ2v) is 7.16. The standard InChI is InChI=1S/C21H23N5O/c1-26(2)20(27)25-21(10-12-22-14-21)19-23-11-9-18(24-19)17-8-7-15-5-3-4-6-16(15)13-17/h3-9,11,13,22H,10,12,14H2,1-2H3,(H,25,27)/t21-/m0/s1. The average molecular weight is 361 g/mol. The zero-order chi connectivity index (χ0) is 18.9. The number of hydrogen-bond donors (Lipinski definition) is 2. The van der Waals surface area contributed by atoms with Crippen LogP contribution in [-0.4, -0.2) is 48.1 Å². The maximum absolute atomic E-state index is 12.3. The molecule has 2 amide bonds. The molecule has 6 nitrogen and oxygen atoms in total. The predicted molar refractivity (Wildman–Crippen MR) is 106 cm³/mol. The van der Waals surface area contributed by atoms with E-state index in [0.717, 1.165) is 24.2 Å². The summed E-state index contributed by atoms with van der Waals surface area (Å²) in [6.45, 7) is 1.44. The van der Waals surface area contributed by atoms with Crippen molar-refractivity contribution in [3.8, 4) is 11.3 Å². The third kappa shape index (κ3) is 3.36. The van der Waals surface area contributed by atoms with Gasteiger partial charge in [0.25, 0.3) is 0 Å². The summed E-state index contributed by atoms with van der Waals surface area (Å²) in [7, 11) is 3.47. The Hall–Kier alpha value is -2.99. The number of urea groups is 1. The number of carbonyl (C=O) groups excluding carboxylic acids is 1. The fourth-order valence-corrected chi connectivity index (χ4v) is 3.46. The van der Waals surface area contributed by atoms with Crippen molar-refractivity contribution >= 4 is 16.8 Å². The lowest BCUT2D eigenvalue weighted by Gasteiger charge is -2.29. The van der Waals surface area contributed by atoms with Crippen molar-refractivity contribution in [2.24, 2.45) is 0 Å². The highest BCUT2D eigenvalue weighted by Gasteiger charge is 2.40. The first-order chi connectivity index (χ1) is 13.1. The van der Waals surface area contributed by atoms with E-state index >= 15 is 0 Å². The van der Waals surface area contributed by atoms with Crippen LogP contribution in [0.25, 0.3) is 22.0 Å². The minimum atomic E-state index is -0.589. The SMILES string of the molecule is CN(C)C(=O)N[C@@]1(c2nccc(-c3ccc4ccccc4c3)n2)CCNC1. The highest BCUT2D eigenvalue weighted by Crippen LogP contribution is 2.28. The summed E-state index contributed by atoms with van der Waals surface area (Å²) in [4.78, 5) is 23.2. The van der Waals surface area contributed by atoms with Gasteiger partial charge in [-0.05, 0) is 35.9 Å². The van der Waals surface area contributed by atoms with Crippen LogP contribution in [0, 0.1) is 0 Å². The average Bonchev–Trinajstić information content (AvgIpc) is 3.17. The summed E-state index contributed by atoms with van der Waals surface area (Å²) in [6, 6.07) is 16.4. The minimum Gasteiger partial charge on any atom is -0.331 e. The number of nitrogens with zero attached hydrogens (tertiary/aromatic N) is 3. The van der Waals surface area contributed by atoms with E-state index in [1.807, 2.05) is 18.2 Å². The lowest BCUT2D eigenvalue weighted by Crippen LogP contribution is -2.51. The van der Waals surface area contributed by atoms with Gasteiger partial charge >= 0.3 is 6.03 Å². The number of nitrogens with one attached hydrogen (secondary N) is 2. The van der Waals surface area contributed by atoms with Gasteiger partial charge in [0.15, 0.2) is 5.82 Å². The fraction of sp³-hybridized carbons (Fsp3) is 0.286.